The van der Waals surface area contributed by atoms with Crippen LogP contribution in [0.15, 0.2) is 29.6 Å². The number of imidazole rings is 1. The number of halogens is 3. The molecule has 0 aliphatic carbocycles. The van der Waals surface area contributed by atoms with Gasteiger partial charge in [-0.05, 0) is 25.1 Å². The van der Waals surface area contributed by atoms with E-state index in [1.54, 1.807) is 31.5 Å². The highest BCUT2D eigenvalue weighted by Gasteiger charge is 2.18. The minimum absolute atomic E-state index is 0.267. The number of thioether (sulfide) groups is 1. The van der Waals surface area contributed by atoms with Gasteiger partial charge in [0.2, 0.25) is 5.16 Å². The van der Waals surface area contributed by atoms with Crippen molar-refractivity contribution >= 4 is 34.4 Å². The Bertz CT molecular complexity index is 968. The molecule has 0 aliphatic heterocycles. The number of alkyl halides is 2. The average molecular weight is 416 g/mol. The molecule has 0 atom stereocenters. The number of ether oxygens (including phenoxy) is 2. The van der Waals surface area contributed by atoms with Crippen molar-refractivity contribution in [3.63, 3.8) is 0 Å². The van der Waals surface area contributed by atoms with Crippen LogP contribution >= 0.6 is 23.4 Å². The Kier molecular flexibility index (Phi) is 5.91. The molecule has 27 heavy (non-hydrogen) atoms. The van der Waals surface area contributed by atoms with Gasteiger partial charge < -0.3 is 14.3 Å². The maximum Gasteiger partial charge on any atom is 0.405 e. The standard InChI is InChI=1S/C17H16ClF2N3O3S/c1-9-12(21-7-14(24-2)15(9)25-3)8-27-17-22-11-6-10(18)4-5-13(11)23(17)26-16(19)20/h4-7,16H,8H2,1-3H3. The lowest BCUT2D eigenvalue weighted by molar-refractivity contribution is -0.135. The van der Waals surface area contributed by atoms with Gasteiger partial charge in [-0.25, -0.2) is 4.98 Å². The summed E-state index contributed by atoms with van der Waals surface area (Å²) in [5, 5.41) is 0.724. The maximum absolute atomic E-state index is 12.8. The molecule has 0 N–H and O–H groups in total. The predicted octanol–water partition coefficient (Wildman–Crippen LogP) is 4.35. The molecule has 0 fully saturated rings. The van der Waals surface area contributed by atoms with E-state index in [1.807, 2.05) is 6.92 Å². The van der Waals surface area contributed by atoms with Gasteiger partial charge in [0.05, 0.1) is 31.6 Å². The second-order valence-corrected chi connectivity index (χ2v) is 6.79. The van der Waals surface area contributed by atoms with Crippen molar-refractivity contribution in [2.75, 3.05) is 14.2 Å². The first-order valence-electron chi connectivity index (χ1n) is 7.77. The molecule has 0 saturated carbocycles. The van der Waals surface area contributed by atoms with E-state index in [1.165, 1.54) is 18.9 Å². The highest BCUT2D eigenvalue weighted by molar-refractivity contribution is 7.98. The van der Waals surface area contributed by atoms with Crippen LogP contribution in [0.1, 0.15) is 11.3 Å². The monoisotopic (exact) mass is 415 g/mol. The summed E-state index contributed by atoms with van der Waals surface area (Å²) in [4.78, 5) is 13.3. The molecule has 0 bridgehead atoms. The summed E-state index contributed by atoms with van der Waals surface area (Å²) < 4.78 is 37.3. The molecule has 144 valence electrons. The molecule has 0 unspecified atom stereocenters. The Hall–Kier alpha value is -2.26. The van der Waals surface area contributed by atoms with E-state index in [0.717, 1.165) is 10.3 Å². The number of nitrogens with zero attached hydrogens (tertiary/aromatic N) is 3. The number of hydrogen-bond donors (Lipinski definition) is 0. The van der Waals surface area contributed by atoms with E-state index in [2.05, 4.69) is 14.8 Å². The highest BCUT2D eigenvalue weighted by Crippen LogP contribution is 2.34. The number of methoxy groups -OCH3 is 2. The first-order valence-corrected chi connectivity index (χ1v) is 9.13. The van der Waals surface area contributed by atoms with Gasteiger partial charge in [0, 0.05) is 16.3 Å². The Morgan fingerprint density at radius 1 is 1.26 bits per heavy atom. The molecule has 0 aliphatic rings. The third-order valence-electron chi connectivity index (χ3n) is 3.83. The maximum atomic E-state index is 12.8. The summed E-state index contributed by atoms with van der Waals surface area (Å²) in [6.07, 6.45) is 1.56. The van der Waals surface area contributed by atoms with Crippen molar-refractivity contribution in [1.82, 2.24) is 14.7 Å². The van der Waals surface area contributed by atoms with Gasteiger partial charge in [0.25, 0.3) is 0 Å². The van der Waals surface area contributed by atoms with E-state index in [9.17, 15) is 8.78 Å². The van der Waals surface area contributed by atoms with Crippen molar-refractivity contribution in [3.05, 3.63) is 40.7 Å². The lowest BCUT2D eigenvalue weighted by Gasteiger charge is -2.13. The van der Waals surface area contributed by atoms with E-state index in [-0.39, 0.29) is 5.16 Å². The van der Waals surface area contributed by atoms with Gasteiger partial charge in [0.15, 0.2) is 11.5 Å². The molecule has 1 aromatic carbocycles. The lowest BCUT2D eigenvalue weighted by Crippen LogP contribution is -2.17. The Balaban J connectivity index is 1.93. The first kappa shape index (κ1) is 19.5. The molecular weight excluding hydrogens is 400 g/mol. The number of pyridine rings is 1. The first-order chi connectivity index (χ1) is 12.9. The fraction of sp³-hybridized carbons (Fsp3) is 0.294. The van der Waals surface area contributed by atoms with E-state index < -0.39 is 6.61 Å². The third kappa shape index (κ3) is 4.03. The van der Waals surface area contributed by atoms with Crippen molar-refractivity contribution < 1.29 is 23.1 Å². The zero-order valence-corrected chi connectivity index (χ0v) is 16.3. The van der Waals surface area contributed by atoms with E-state index in [4.69, 9.17) is 21.1 Å². The van der Waals surface area contributed by atoms with Crippen LogP contribution in [0.3, 0.4) is 0 Å². The van der Waals surface area contributed by atoms with Crippen LogP contribution < -0.4 is 14.3 Å². The van der Waals surface area contributed by atoms with Crippen LogP contribution in [-0.2, 0) is 5.75 Å². The zero-order valence-electron chi connectivity index (χ0n) is 14.7. The summed E-state index contributed by atoms with van der Waals surface area (Å²) in [7, 11) is 3.07. The molecule has 0 amide bonds. The molecule has 3 rings (SSSR count). The second kappa shape index (κ2) is 8.18. The van der Waals surface area contributed by atoms with Crippen LogP contribution in [0.25, 0.3) is 11.0 Å². The molecule has 0 radical (unpaired) electrons. The number of benzene rings is 1. The fourth-order valence-electron chi connectivity index (χ4n) is 2.57. The van der Waals surface area contributed by atoms with Crippen molar-refractivity contribution in [1.29, 1.82) is 0 Å². The van der Waals surface area contributed by atoms with Gasteiger partial charge >= 0.3 is 6.61 Å². The van der Waals surface area contributed by atoms with Crippen molar-refractivity contribution in [2.24, 2.45) is 0 Å². The fourth-order valence-corrected chi connectivity index (χ4v) is 3.71. The quantitative estimate of drug-likeness (QED) is 0.534. The summed E-state index contributed by atoms with van der Waals surface area (Å²) in [6, 6.07) is 4.76. The third-order valence-corrected chi connectivity index (χ3v) is 5.00. The minimum atomic E-state index is -2.99. The molecule has 10 heteroatoms. The second-order valence-electron chi connectivity index (χ2n) is 5.41. The van der Waals surface area contributed by atoms with Crippen LogP contribution in [0.4, 0.5) is 8.78 Å². The topological polar surface area (TPSA) is 58.4 Å². The largest absolute Gasteiger partial charge is 0.492 e. The molecule has 0 saturated heterocycles. The molecule has 3 aromatic rings. The smallest absolute Gasteiger partial charge is 0.405 e. The van der Waals surface area contributed by atoms with Crippen LogP contribution in [0.5, 0.6) is 11.5 Å². The molecule has 6 nitrogen and oxygen atoms in total. The molecule has 2 aromatic heterocycles. The van der Waals surface area contributed by atoms with Crippen LogP contribution in [0.2, 0.25) is 5.02 Å². The van der Waals surface area contributed by atoms with Gasteiger partial charge in [-0.2, -0.15) is 13.5 Å². The molecular formula is C17H16ClF2N3O3S. The normalized spacial score (nSPS) is 11.2. The zero-order chi connectivity index (χ0) is 19.6. The average Bonchev–Trinajstić information content (AvgIpc) is 2.96. The van der Waals surface area contributed by atoms with E-state index >= 15 is 0 Å². The Morgan fingerprint density at radius 3 is 2.70 bits per heavy atom. The number of aromatic nitrogens is 3. The number of hydrogen-bond acceptors (Lipinski definition) is 6. The summed E-state index contributed by atoms with van der Waals surface area (Å²) in [5.74, 6) is 1.47. The molecule has 2 heterocycles. The highest BCUT2D eigenvalue weighted by atomic mass is 35.5. The minimum Gasteiger partial charge on any atom is -0.492 e. The van der Waals surface area contributed by atoms with Gasteiger partial charge in [-0.1, -0.05) is 23.4 Å². The molecule has 0 spiro atoms. The van der Waals surface area contributed by atoms with Crippen LogP contribution in [-0.4, -0.2) is 35.5 Å². The SMILES string of the molecule is COc1cnc(CSc2nc3cc(Cl)ccc3n2OC(F)F)c(C)c1OC. The van der Waals surface area contributed by atoms with Crippen molar-refractivity contribution in [2.45, 2.75) is 24.4 Å². The van der Waals surface area contributed by atoms with Gasteiger partial charge in [-0.3, -0.25) is 4.98 Å². The lowest BCUT2D eigenvalue weighted by atomic mass is 10.2. The number of rotatable bonds is 7. The van der Waals surface area contributed by atoms with Gasteiger partial charge in [-0.15, -0.1) is 0 Å². The van der Waals surface area contributed by atoms with Crippen molar-refractivity contribution in [3.8, 4) is 11.5 Å². The summed E-state index contributed by atoms with van der Waals surface area (Å²) >= 11 is 7.17. The number of fused-ring (bicyclic) bond motifs is 1. The predicted molar refractivity (Wildman–Crippen MR) is 99.0 cm³/mol. The van der Waals surface area contributed by atoms with Gasteiger partial charge in [0.1, 0.15) is 5.52 Å². The Morgan fingerprint density at radius 2 is 2.04 bits per heavy atom. The summed E-state index contributed by atoms with van der Waals surface area (Å²) in [5.41, 5.74) is 2.37. The van der Waals surface area contributed by atoms with E-state index in [0.29, 0.717) is 39.0 Å². The Labute approximate surface area is 163 Å². The van der Waals surface area contributed by atoms with Crippen LogP contribution in [0, 0.1) is 6.92 Å². The summed E-state index contributed by atoms with van der Waals surface area (Å²) in [6.45, 7) is -1.14.